The summed E-state index contributed by atoms with van der Waals surface area (Å²) in [5, 5.41) is 9.36. The van der Waals surface area contributed by atoms with E-state index in [2.05, 4.69) is 25.8 Å². The maximum absolute atomic E-state index is 12.6. The van der Waals surface area contributed by atoms with Crippen LogP contribution in [0.15, 0.2) is 42.6 Å². The Balaban J connectivity index is 1.70. The van der Waals surface area contributed by atoms with Crippen molar-refractivity contribution in [3.63, 3.8) is 0 Å². The van der Waals surface area contributed by atoms with Crippen LogP contribution in [-0.2, 0) is 4.79 Å². The highest BCUT2D eigenvalue weighted by molar-refractivity contribution is 6.30. The zero-order valence-corrected chi connectivity index (χ0v) is 18.5. The van der Waals surface area contributed by atoms with Crippen molar-refractivity contribution in [1.29, 1.82) is 0 Å². The molecule has 2 aromatic rings. The molecule has 0 aliphatic carbocycles. The summed E-state index contributed by atoms with van der Waals surface area (Å²) in [5.41, 5.74) is 1.51. The number of amides is 3. The number of ether oxygens (including phenoxy) is 1. The van der Waals surface area contributed by atoms with Gasteiger partial charge >= 0.3 is 6.03 Å². The van der Waals surface area contributed by atoms with Gasteiger partial charge < -0.3 is 20.7 Å². The molecule has 0 unspecified atom stereocenters. The number of pyridine rings is 1. The summed E-state index contributed by atoms with van der Waals surface area (Å²) in [4.78, 5) is 31.3. The molecule has 1 aliphatic rings. The van der Waals surface area contributed by atoms with Crippen LogP contribution in [0.4, 0.5) is 10.5 Å². The fraction of sp³-hybridized carbons (Fsp3) is 0.409. The van der Waals surface area contributed by atoms with Gasteiger partial charge in [0.2, 0.25) is 5.91 Å². The largest absolute Gasteiger partial charge is 0.495 e. The van der Waals surface area contributed by atoms with E-state index in [-0.39, 0.29) is 23.9 Å². The molecule has 166 valence electrons. The number of likely N-dealkylation sites (N-methyl/N-ethyl adjacent to an activating group) is 1. The normalized spacial score (nSPS) is 18.8. The third-order valence-electron chi connectivity index (χ3n) is 5.23. The monoisotopic (exact) mass is 445 g/mol. The number of methoxy groups -OCH3 is 1. The molecule has 3 rings (SSSR count). The van der Waals surface area contributed by atoms with Crippen molar-refractivity contribution in [2.24, 2.45) is 0 Å². The van der Waals surface area contributed by atoms with E-state index in [9.17, 15) is 9.59 Å². The molecule has 3 amide bonds. The molecule has 1 aliphatic heterocycles. The molecule has 1 fully saturated rings. The smallest absolute Gasteiger partial charge is 0.319 e. The topological polar surface area (TPSA) is 95.6 Å². The van der Waals surface area contributed by atoms with Crippen LogP contribution < -0.4 is 20.7 Å². The first-order chi connectivity index (χ1) is 15.0. The minimum absolute atomic E-state index is 0.00386. The van der Waals surface area contributed by atoms with Gasteiger partial charge in [0.1, 0.15) is 5.75 Å². The SMILES string of the molecule is CCNC(=O)CN1CC[C@@H](NC(=O)Nc2ccc(Cl)cc2)[C@H](c2ccc(OC)cn2)C1. The average Bonchev–Trinajstić information content (AvgIpc) is 2.76. The number of rotatable bonds is 7. The van der Waals surface area contributed by atoms with E-state index in [0.29, 0.717) is 49.1 Å². The second-order valence-electron chi connectivity index (χ2n) is 7.42. The molecule has 1 aromatic carbocycles. The molecule has 0 saturated carbocycles. The molecule has 1 saturated heterocycles. The summed E-state index contributed by atoms with van der Waals surface area (Å²) in [6, 6.07) is 10.3. The number of hydrogen-bond donors (Lipinski definition) is 3. The number of aromatic nitrogens is 1. The Labute approximate surface area is 187 Å². The zero-order chi connectivity index (χ0) is 22.2. The van der Waals surface area contributed by atoms with Gasteiger partial charge in [0, 0.05) is 48.0 Å². The Hall–Kier alpha value is -2.84. The number of anilines is 1. The van der Waals surface area contributed by atoms with Crippen molar-refractivity contribution in [3.05, 3.63) is 53.3 Å². The van der Waals surface area contributed by atoms with E-state index in [0.717, 1.165) is 5.69 Å². The third kappa shape index (κ3) is 6.57. The van der Waals surface area contributed by atoms with Crippen LogP contribution in [0.25, 0.3) is 0 Å². The molecule has 2 atom stereocenters. The molecule has 0 bridgehead atoms. The summed E-state index contributed by atoms with van der Waals surface area (Å²) in [7, 11) is 1.59. The van der Waals surface area contributed by atoms with Gasteiger partial charge in [0.05, 0.1) is 19.9 Å². The number of nitrogens with zero attached hydrogens (tertiary/aromatic N) is 2. The number of benzene rings is 1. The molecule has 2 heterocycles. The number of carbonyl (C=O) groups is 2. The quantitative estimate of drug-likeness (QED) is 0.609. The van der Waals surface area contributed by atoms with Crippen molar-refractivity contribution in [1.82, 2.24) is 20.5 Å². The summed E-state index contributed by atoms with van der Waals surface area (Å²) in [6.45, 7) is 4.14. The predicted molar refractivity (Wildman–Crippen MR) is 121 cm³/mol. The van der Waals surface area contributed by atoms with Crippen LogP contribution in [0.2, 0.25) is 5.02 Å². The number of urea groups is 1. The lowest BCUT2D eigenvalue weighted by molar-refractivity contribution is -0.122. The van der Waals surface area contributed by atoms with Crippen LogP contribution >= 0.6 is 11.6 Å². The molecule has 0 radical (unpaired) electrons. The number of nitrogens with one attached hydrogen (secondary N) is 3. The van der Waals surface area contributed by atoms with Gasteiger partial charge in [-0.2, -0.15) is 0 Å². The standard InChI is InChI=1S/C22H28ClN5O3/c1-3-24-21(29)14-28-11-10-20(18(13-28)19-9-8-17(31-2)12-25-19)27-22(30)26-16-6-4-15(23)5-7-16/h4-9,12,18,20H,3,10-11,13-14H2,1-2H3,(H,24,29)(H2,26,27,30)/t18-,20+/m0/s1. The highest BCUT2D eigenvalue weighted by Gasteiger charge is 2.33. The lowest BCUT2D eigenvalue weighted by Gasteiger charge is -2.38. The fourth-order valence-electron chi connectivity index (χ4n) is 3.69. The van der Waals surface area contributed by atoms with E-state index in [4.69, 9.17) is 16.3 Å². The number of piperidine rings is 1. The molecular weight excluding hydrogens is 418 g/mol. The van der Waals surface area contributed by atoms with Crippen molar-refractivity contribution in [2.75, 3.05) is 38.6 Å². The van der Waals surface area contributed by atoms with Crippen LogP contribution in [0, 0.1) is 0 Å². The molecule has 9 heteroatoms. The van der Waals surface area contributed by atoms with Gasteiger partial charge in [-0.25, -0.2) is 4.79 Å². The van der Waals surface area contributed by atoms with E-state index in [1.165, 1.54) is 0 Å². The molecular formula is C22H28ClN5O3. The Bertz CT molecular complexity index is 876. The van der Waals surface area contributed by atoms with Gasteiger partial charge in [-0.05, 0) is 49.7 Å². The van der Waals surface area contributed by atoms with E-state index >= 15 is 0 Å². The van der Waals surface area contributed by atoms with Crippen molar-refractivity contribution < 1.29 is 14.3 Å². The molecule has 8 nitrogen and oxygen atoms in total. The van der Waals surface area contributed by atoms with Gasteiger partial charge in [-0.3, -0.25) is 14.7 Å². The predicted octanol–water partition coefficient (Wildman–Crippen LogP) is 2.86. The summed E-state index contributed by atoms with van der Waals surface area (Å²) >= 11 is 5.90. The van der Waals surface area contributed by atoms with Gasteiger partial charge in [0.25, 0.3) is 0 Å². The van der Waals surface area contributed by atoms with Crippen molar-refractivity contribution >= 4 is 29.2 Å². The highest BCUT2D eigenvalue weighted by atomic mass is 35.5. The Morgan fingerprint density at radius 2 is 2.00 bits per heavy atom. The summed E-state index contributed by atoms with van der Waals surface area (Å²) < 4.78 is 5.21. The average molecular weight is 446 g/mol. The highest BCUT2D eigenvalue weighted by Crippen LogP contribution is 2.27. The minimum Gasteiger partial charge on any atom is -0.495 e. The first-order valence-electron chi connectivity index (χ1n) is 10.3. The second-order valence-corrected chi connectivity index (χ2v) is 7.85. The minimum atomic E-state index is -0.289. The zero-order valence-electron chi connectivity index (χ0n) is 17.7. The van der Waals surface area contributed by atoms with E-state index < -0.39 is 0 Å². The Morgan fingerprint density at radius 1 is 1.23 bits per heavy atom. The Morgan fingerprint density at radius 3 is 2.65 bits per heavy atom. The van der Waals surface area contributed by atoms with Crippen LogP contribution in [-0.4, -0.2) is 61.2 Å². The van der Waals surface area contributed by atoms with Gasteiger partial charge in [-0.15, -0.1) is 0 Å². The van der Waals surface area contributed by atoms with E-state index in [1.807, 2.05) is 19.1 Å². The lowest BCUT2D eigenvalue weighted by Crippen LogP contribution is -2.52. The molecule has 1 aromatic heterocycles. The molecule has 31 heavy (non-hydrogen) atoms. The molecule has 0 spiro atoms. The van der Waals surface area contributed by atoms with Crippen LogP contribution in [0.5, 0.6) is 5.75 Å². The fourth-order valence-corrected chi connectivity index (χ4v) is 3.82. The third-order valence-corrected chi connectivity index (χ3v) is 5.48. The molecule has 3 N–H and O–H groups in total. The Kier molecular flexibility index (Phi) is 8.08. The van der Waals surface area contributed by atoms with Crippen molar-refractivity contribution in [2.45, 2.75) is 25.3 Å². The van der Waals surface area contributed by atoms with Crippen LogP contribution in [0.1, 0.15) is 25.0 Å². The number of likely N-dealkylation sites (tertiary alicyclic amines) is 1. The number of hydrogen-bond acceptors (Lipinski definition) is 5. The van der Waals surface area contributed by atoms with Crippen molar-refractivity contribution in [3.8, 4) is 5.75 Å². The maximum Gasteiger partial charge on any atom is 0.319 e. The van der Waals surface area contributed by atoms with E-state index in [1.54, 1.807) is 37.6 Å². The first-order valence-corrected chi connectivity index (χ1v) is 10.7. The number of halogens is 1. The van der Waals surface area contributed by atoms with Gasteiger partial charge in [0.15, 0.2) is 0 Å². The van der Waals surface area contributed by atoms with Crippen LogP contribution in [0.3, 0.4) is 0 Å². The second kappa shape index (κ2) is 11.0. The van der Waals surface area contributed by atoms with Gasteiger partial charge in [-0.1, -0.05) is 11.6 Å². The lowest BCUT2D eigenvalue weighted by atomic mass is 9.88. The first kappa shape index (κ1) is 22.8. The maximum atomic E-state index is 12.6. The number of carbonyl (C=O) groups excluding carboxylic acids is 2. The summed E-state index contributed by atoms with van der Waals surface area (Å²) in [6.07, 6.45) is 2.37. The summed E-state index contributed by atoms with van der Waals surface area (Å²) in [5.74, 6) is 0.601.